The molecule has 15 nitrogen and oxygen atoms in total. The van der Waals surface area contributed by atoms with E-state index in [4.69, 9.17) is 5.73 Å². The predicted molar refractivity (Wildman–Crippen MR) is 163 cm³/mol. The molecule has 1 aromatic carbocycles. The first-order valence-corrected chi connectivity index (χ1v) is 14.9. The second-order valence-corrected chi connectivity index (χ2v) is 13.0. The first-order chi connectivity index (χ1) is 21.1. The van der Waals surface area contributed by atoms with Crippen LogP contribution in [0.4, 0.5) is 15.8 Å². The third kappa shape index (κ3) is 5.17. The fourth-order valence-corrected chi connectivity index (χ4v) is 7.49. The molecule has 3 aliphatic rings. The lowest BCUT2D eigenvalue weighted by molar-refractivity contribution is -0.380. The summed E-state index contributed by atoms with van der Waals surface area (Å²) in [6.07, 6.45) is 1.37. The minimum atomic E-state index is -2.46. The Morgan fingerprint density at radius 1 is 1.20 bits per heavy atom. The number of carbonyl (C=O) groups is 3. The largest absolute Gasteiger partial charge is 0.509 e. The number of thiazole rings is 1. The monoisotopic (exact) mass is 642 g/mol. The number of nitrogens with one attached hydrogen (secondary N) is 1. The number of phenols is 1. The minimum absolute atomic E-state index is 0.0314. The van der Waals surface area contributed by atoms with E-state index >= 15 is 0 Å². The molecule has 1 heterocycles. The number of phenolic OH excluding ortho intramolecular Hbond substituents is 1. The maximum atomic E-state index is 13.3. The molecule has 45 heavy (non-hydrogen) atoms. The summed E-state index contributed by atoms with van der Waals surface area (Å²) in [4.78, 5) is 56.0. The Morgan fingerprint density at radius 3 is 2.47 bits per heavy atom. The summed E-state index contributed by atoms with van der Waals surface area (Å²) in [5.74, 6) is -5.42. The van der Waals surface area contributed by atoms with Gasteiger partial charge < -0.3 is 36.4 Å². The summed E-state index contributed by atoms with van der Waals surface area (Å²) in [5, 5.41) is 59.6. The lowest BCUT2D eigenvalue weighted by atomic mass is 9.59. The van der Waals surface area contributed by atoms with Gasteiger partial charge in [-0.15, -0.1) is 0 Å². The number of nitro groups is 1. The van der Waals surface area contributed by atoms with Crippen molar-refractivity contribution in [2.45, 2.75) is 37.3 Å². The number of aromatic hydroxyl groups is 1. The molecular weight excluding hydrogens is 608 g/mol. The Balaban J connectivity index is 1.52. The van der Waals surface area contributed by atoms with Gasteiger partial charge in [-0.05, 0) is 61.4 Å². The number of primary amides is 1. The van der Waals surface area contributed by atoms with Gasteiger partial charge in [0.25, 0.3) is 5.91 Å². The quantitative estimate of drug-likeness (QED) is 0.128. The lowest BCUT2D eigenvalue weighted by Gasteiger charge is -2.51. The summed E-state index contributed by atoms with van der Waals surface area (Å²) in [6.45, 7) is -0.194. The number of rotatable bonds is 9. The van der Waals surface area contributed by atoms with Gasteiger partial charge in [-0.2, -0.15) is 0 Å². The Labute approximate surface area is 261 Å². The van der Waals surface area contributed by atoms with E-state index in [1.807, 2.05) is 19.0 Å². The highest BCUT2D eigenvalue weighted by Crippen LogP contribution is 2.54. The molecule has 5 rings (SSSR count). The highest BCUT2D eigenvalue weighted by Gasteiger charge is 2.61. The first kappa shape index (κ1) is 31.9. The molecule has 1 aromatic heterocycles. The standard InChI is InChI=1S/C29H34N6O9S/c1-33(2)19-8-13(5-14(36)10-31-28-32-11-20(45-28)35(43)44)23(37)17-9-15-12(6-16(17)19)7-18-22(34(3)4)24(38)21(27(30)41)26(40)29(18,42)25(15)39/h8,11-12,18,22,37,39-40,42H,5-7,9-10H2,1-4H3,(H2,30,41)(H,31,32)/t12-,18?,22-,29-/m1/s1. The van der Waals surface area contributed by atoms with E-state index in [0.29, 0.717) is 23.1 Å². The number of aromatic nitrogens is 1. The average Bonchev–Trinajstić information content (AvgIpc) is 3.44. The second-order valence-electron chi connectivity index (χ2n) is 12.0. The molecule has 240 valence electrons. The molecule has 0 saturated carbocycles. The van der Waals surface area contributed by atoms with Gasteiger partial charge in [0.15, 0.2) is 22.3 Å². The van der Waals surface area contributed by atoms with Crippen molar-refractivity contribution in [1.82, 2.24) is 9.88 Å². The van der Waals surface area contributed by atoms with Crippen LogP contribution in [0.5, 0.6) is 5.75 Å². The third-order valence-electron chi connectivity index (χ3n) is 8.90. The van der Waals surface area contributed by atoms with E-state index in [1.165, 1.54) is 4.90 Å². The molecule has 0 radical (unpaired) electrons. The van der Waals surface area contributed by atoms with Crippen molar-refractivity contribution in [3.63, 3.8) is 0 Å². The molecule has 4 atom stereocenters. The number of amides is 1. The summed E-state index contributed by atoms with van der Waals surface area (Å²) in [7, 11) is 6.82. The number of aliphatic hydroxyl groups excluding tert-OH is 2. The number of allylic oxidation sites excluding steroid dienone is 1. The Bertz CT molecular complexity index is 1700. The first-order valence-electron chi connectivity index (χ1n) is 14.1. The molecule has 0 spiro atoms. The van der Waals surface area contributed by atoms with Crippen molar-refractivity contribution < 1.29 is 39.7 Å². The zero-order valence-electron chi connectivity index (χ0n) is 25.0. The Morgan fingerprint density at radius 2 is 1.89 bits per heavy atom. The molecule has 7 N–H and O–H groups in total. The summed E-state index contributed by atoms with van der Waals surface area (Å²) in [6, 6.07) is 0.659. The molecule has 0 aliphatic heterocycles. The number of fused-ring (bicyclic) bond motifs is 3. The van der Waals surface area contributed by atoms with Gasteiger partial charge in [-0.1, -0.05) is 0 Å². The molecule has 16 heteroatoms. The van der Waals surface area contributed by atoms with E-state index in [2.05, 4.69) is 10.3 Å². The van der Waals surface area contributed by atoms with E-state index in [1.54, 1.807) is 20.2 Å². The normalized spacial score (nSPS) is 24.2. The van der Waals surface area contributed by atoms with E-state index < -0.39 is 51.3 Å². The van der Waals surface area contributed by atoms with Crippen LogP contribution in [0.1, 0.15) is 23.1 Å². The van der Waals surface area contributed by atoms with Crippen molar-refractivity contribution in [3.8, 4) is 5.75 Å². The zero-order valence-corrected chi connectivity index (χ0v) is 25.8. The number of ketones is 2. The molecule has 0 bridgehead atoms. The number of Topliss-reactive ketones (excluding diaryl/α,β-unsaturated/α-hetero) is 2. The molecule has 2 aromatic rings. The average molecular weight is 643 g/mol. The van der Waals surface area contributed by atoms with Crippen LogP contribution in [0.25, 0.3) is 0 Å². The maximum Gasteiger partial charge on any atom is 0.345 e. The lowest BCUT2D eigenvalue weighted by Crippen LogP contribution is -2.62. The molecular formula is C29H34N6O9S. The molecule has 0 saturated heterocycles. The molecule has 0 fully saturated rings. The molecule has 1 amide bonds. The van der Waals surface area contributed by atoms with Crippen molar-refractivity contribution in [3.05, 3.63) is 61.7 Å². The molecule has 3 aliphatic carbocycles. The number of carbonyl (C=O) groups excluding carboxylic acids is 3. The van der Waals surface area contributed by atoms with Gasteiger partial charge in [-0.25, -0.2) is 4.98 Å². The minimum Gasteiger partial charge on any atom is -0.509 e. The smallest absolute Gasteiger partial charge is 0.345 e. The van der Waals surface area contributed by atoms with E-state index in [9.17, 15) is 44.9 Å². The summed E-state index contributed by atoms with van der Waals surface area (Å²) in [5.41, 5.74) is 4.77. The SMILES string of the molecule is CN(C)c1cc(CC(=O)CNc2ncc([N+](=O)[O-])s2)c(O)c2c1C[C@@H]1CC3[C@@H](N(C)C)C(=O)C(C(N)=O)=C(O)[C@]3(O)C(O)=C1C2. The van der Waals surface area contributed by atoms with Crippen molar-refractivity contribution in [2.24, 2.45) is 17.6 Å². The Hall–Kier alpha value is -4.54. The Kier molecular flexibility index (Phi) is 8.10. The number of anilines is 2. The number of aliphatic hydroxyl groups is 3. The van der Waals surface area contributed by atoms with Crippen molar-refractivity contribution >= 4 is 44.6 Å². The fourth-order valence-electron chi connectivity index (χ4n) is 6.86. The summed E-state index contributed by atoms with van der Waals surface area (Å²) < 4.78 is 0. The van der Waals surface area contributed by atoms with E-state index in [0.717, 1.165) is 28.8 Å². The number of hydrogen-bond acceptors (Lipinski definition) is 14. The second kappa shape index (κ2) is 11.4. The van der Waals surface area contributed by atoms with Gasteiger partial charge in [-0.3, -0.25) is 29.4 Å². The van der Waals surface area contributed by atoms with Crippen LogP contribution in [0, 0.1) is 22.0 Å². The van der Waals surface area contributed by atoms with Crippen LogP contribution in [-0.4, -0.2) is 99.1 Å². The van der Waals surface area contributed by atoms with Gasteiger partial charge in [0.2, 0.25) is 0 Å². The van der Waals surface area contributed by atoms with Crippen molar-refractivity contribution in [2.75, 3.05) is 45.0 Å². The summed E-state index contributed by atoms with van der Waals surface area (Å²) >= 11 is 0.792. The fraction of sp³-hybridized carbons (Fsp3) is 0.448. The number of likely N-dealkylation sites (N-methyl/N-ethyl adjacent to an activating group) is 1. The number of hydrogen-bond donors (Lipinski definition) is 6. The predicted octanol–water partition coefficient (Wildman–Crippen LogP) is 1.13. The third-order valence-corrected chi connectivity index (χ3v) is 9.81. The topological polar surface area (TPSA) is 233 Å². The van der Waals surface area contributed by atoms with Crippen LogP contribution in [0.15, 0.2) is 34.9 Å². The van der Waals surface area contributed by atoms with Gasteiger partial charge in [0.1, 0.15) is 29.0 Å². The van der Waals surface area contributed by atoms with Gasteiger partial charge in [0.05, 0.1) is 17.5 Å². The highest BCUT2D eigenvalue weighted by molar-refractivity contribution is 7.18. The van der Waals surface area contributed by atoms with Crippen LogP contribution in [0.3, 0.4) is 0 Å². The van der Waals surface area contributed by atoms with Crippen LogP contribution < -0.4 is 16.0 Å². The maximum absolute atomic E-state index is 13.3. The van der Waals surface area contributed by atoms with Crippen LogP contribution in [-0.2, 0) is 33.6 Å². The van der Waals surface area contributed by atoms with Crippen LogP contribution >= 0.6 is 11.3 Å². The highest BCUT2D eigenvalue weighted by atomic mass is 32.1. The van der Waals surface area contributed by atoms with Crippen molar-refractivity contribution in [1.29, 1.82) is 0 Å². The number of benzene rings is 1. The van der Waals surface area contributed by atoms with E-state index in [-0.39, 0.29) is 53.4 Å². The molecule has 1 unspecified atom stereocenters. The number of nitrogens with zero attached hydrogens (tertiary/aromatic N) is 4. The zero-order chi connectivity index (χ0) is 33.1. The number of nitrogens with two attached hydrogens (primary N) is 1. The van der Waals surface area contributed by atoms with Gasteiger partial charge >= 0.3 is 5.00 Å². The van der Waals surface area contributed by atoms with Gasteiger partial charge in [0, 0.05) is 49.7 Å². The van der Waals surface area contributed by atoms with Crippen LogP contribution in [0.2, 0.25) is 0 Å².